The van der Waals surface area contributed by atoms with Gasteiger partial charge in [-0.25, -0.2) is 4.79 Å². The molecule has 1 heterocycles. The van der Waals surface area contributed by atoms with Gasteiger partial charge >= 0.3 is 6.09 Å². The highest BCUT2D eigenvalue weighted by molar-refractivity contribution is 5.88. The van der Waals surface area contributed by atoms with Crippen LogP contribution in [0.2, 0.25) is 0 Å². The summed E-state index contributed by atoms with van der Waals surface area (Å²) in [6, 6.07) is 0.0751. The van der Waals surface area contributed by atoms with Gasteiger partial charge in [-0.2, -0.15) is 0 Å². The molecule has 0 aromatic rings. The summed E-state index contributed by atoms with van der Waals surface area (Å²) in [5, 5.41) is 8.22. The molecule has 18 heavy (non-hydrogen) atoms. The minimum atomic E-state index is -0.869. The third kappa shape index (κ3) is 5.49. The van der Waals surface area contributed by atoms with Crippen molar-refractivity contribution in [2.75, 3.05) is 13.1 Å². The molecule has 5 nitrogen and oxygen atoms in total. The van der Waals surface area contributed by atoms with E-state index in [1.165, 1.54) is 4.90 Å². The van der Waals surface area contributed by atoms with Gasteiger partial charge in [0.15, 0.2) is 0 Å². The molecule has 0 aromatic carbocycles. The van der Waals surface area contributed by atoms with Crippen molar-refractivity contribution in [2.24, 2.45) is 16.6 Å². The Kier molecular flexibility index (Phi) is 5.35. The zero-order chi connectivity index (χ0) is 14.7. The molecule has 0 atom stereocenters. The van der Waals surface area contributed by atoms with Crippen LogP contribution in [0.4, 0.5) is 4.79 Å². The number of hydrogen-bond acceptors (Lipinski definition) is 3. The molecule has 0 unspecified atom stereocenters. The van der Waals surface area contributed by atoms with Gasteiger partial charge in [0, 0.05) is 30.0 Å². The molecule has 0 saturated carbocycles. The van der Waals surface area contributed by atoms with E-state index in [9.17, 15) is 9.59 Å². The van der Waals surface area contributed by atoms with Crippen molar-refractivity contribution in [1.82, 2.24) is 4.90 Å². The highest BCUT2D eigenvalue weighted by Gasteiger charge is 2.31. The van der Waals surface area contributed by atoms with Crippen molar-refractivity contribution in [1.29, 1.82) is 0 Å². The van der Waals surface area contributed by atoms with Crippen molar-refractivity contribution >= 4 is 11.9 Å². The number of carbonyl (C=O) groups is 2. The van der Waals surface area contributed by atoms with Crippen LogP contribution in [0.3, 0.4) is 0 Å². The molecule has 1 aliphatic heterocycles. The number of nitrogens with zero attached hydrogens (tertiary/aromatic N) is 1. The summed E-state index contributed by atoms with van der Waals surface area (Å²) in [5.41, 5.74) is 4.91. The summed E-state index contributed by atoms with van der Waals surface area (Å²) < 4.78 is 0. The fraction of sp³-hybridized carbons (Fsp3) is 0.846. The Labute approximate surface area is 109 Å². The largest absolute Gasteiger partial charge is 0.465 e. The number of rotatable bonds is 0. The molecule has 3 N–H and O–H groups in total. The van der Waals surface area contributed by atoms with Crippen molar-refractivity contribution in [3.05, 3.63) is 0 Å². The van der Waals surface area contributed by atoms with Crippen LogP contribution in [-0.4, -0.2) is 41.0 Å². The molecule has 0 aliphatic carbocycles. The van der Waals surface area contributed by atoms with Crippen LogP contribution >= 0.6 is 0 Å². The number of hydrogen-bond donors (Lipinski definition) is 2. The second kappa shape index (κ2) is 5.69. The minimum Gasteiger partial charge on any atom is -0.465 e. The zero-order valence-corrected chi connectivity index (χ0v) is 12.3. The fourth-order valence-electron chi connectivity index (χ4n) is 1.79. The molecule has 0 radical (unpaired) electrons. The van der Waals surface area contributed by atoms with Crippen LogP contribution in [0.25, 0.3) is 0 Å². The van der Waals surface area contributed by atoms with Gasteiger partial charge in [-0.05, 0) is 0 Å². The van der Waals surface area contributed by atoms with Crippen LogP contribution in [0.1, 0.15) is 41.5 Å². The van der Waals surface area contributed by atoms with E-state index in [0.717, 1.165) is 0 Å². The zero-order valence-electron chi connectivity index (χ0n) is 12.3. The van der Waals surface area contributed by atoms with Crippen molar-refractivity contribution in [3.8, 4) is 0 Å². The molecule has 0 spiro atoms. The molecule has 5 heteroatoms. The topological polar surface area (TPSA) is 83.6 Å². The standard InChI is InChI=1S/C9H18O.C4H8N2O2/c1-8(2,3)7(10)9(4,5)6;5-3-1-6(2-3)4(7)8/h1-6H3;3H,1-2,5H2,(H,7,8). The smallest absolute Gasteiger partial charge is 0.407 e. The van der Waals surface area contributed by atoms with E-state index < -0.39 is 6.09 Å². The predicted molar refractivity (Wildman–Crippen MR) is 71.5 cm³/mol. The third-order valence-electron chi connectivity index (χ3n) is 2.54. The van der Waals surface area contributed by atoms with E-state index in [1.807, 2.05) is 41.5 Å². The second-order valence-corrected chi connectivity index (χ2v) is 6.78. The van der Waals surface area contributed by atoms with E-state index >= 15 is 0 Å². The molecule has 1 fully saturated rings. The van der Waals surface area contributed by atoms with Gasteiger partial charge in [0.1, 0.15) is 5.78 Å². The van der Waals surface area contributed by atoms with E-state index in [-0.39, 0.29) is 16.9 Å². The first kappa shape index (κ1) is 16.9. The number of amides is 1. The van der Waals surface area contributed by atoms with Gasteiger partial charge in [0.2, 0.25) is 0 Å². The van der Waals surface area contributed by atoms with E-state index in [4.69, 9.17) is 10.8 Å². The highest BCUT2D eigenvalue weighted by Crippen LogP contribution is 2.27. The second-order valence-electron chi connectivity index (χ2n) is 6.78. The molecule has 0 bridgehead atoms. The number of nitrogens with two attached hydrogens (primary N) is 1. The summed E-state index contributed by atoms with van der Waals surface area (Å²) in [5.74, 6) is 0.319. The lowest BCUT2D eigenvalue weighted by atomic mass is 9.76. The van der Waals surface area contributed by atoms with Gasteiger partial charge in [-0.15, -0.1) is 0 Å². The molecular weight excluding hydrogens is 232 g/mol. The molecule has 106 valence electrons. The highest BCUT2D eigenvalue weighted by atomic mass is 16.4. The SMILES string of the molecule is CC(C)(C)C(=O)C(C)(C)C.NC1CN(C(=O)O)C1. The van der Waals surface area contributed by atoms with Gasteiger partial charge in [0.25, 0.3) is 0 Å². The Hall–Kier alpha value is -1.10. The molecule has 1 rings (SSSR count). The predicted octanol–water partition coefficient (Wildman–Crippen LogP) is 1.95. The first-order chi connectivity index (χ1) is 7.85. The Morgan fingerprint density at radius 2 is 1.39 bits per heavy atom. The van der Waals surface area contributed by atoms with Crippen LogP contribution < -0.4 is 5.73 Å². The van der Waals surface area contributed by atoms with Crippen LogP contribution in [0.5, 0.6) is 0 Å². The minimum absolute atomic E-state index is 0.0751. The van der Waals surface area contributed by atoms with Gasteiger partial charge in [-0.1, -0.05) is 41.5 Å². The molecule has 1 amide bonds. The summed E-state index contributed by atoms with van der Waals surface area (Å²) in [6.45, 7) is 12.7. The molecular formula is C13H26N2O3. The maximum atomic E-state index is 11.5. The summed E-state index contributed by atoms with van der Waals surface area (Å²) >= 11 is 0. The third-order valence-corrected chi connectivity index (χ3v) is 2.54. The molecule has 1 saturated heterocycles. The normalized spacial score (nSPS) is 16.5. The Morgan fingerprint density at radius 1 is 1.06 bits per heavy atom. The quantitative estimate of drug-likeness (QED) is 0.695. The van der Waals surface area contributed by atoms with E-state index in [0.29, 0.717) is 18.9 Å². The lowest BCUT2D eigenvalue weighted by Gasteiger charge is -2.33. The maximum Gasteiger partial charge on any atom is 0.407 e. The van der Waals surface area contributed by atoms with Gasteiger partial charge in [-0.3, -0.25) is 4.79 Å². The number of likely N-dealkylation sites (tertiary alicyclic amines) is 1. The van der Waals surface area contributed by atoms with E-state index in [1.54, 1.807) is 0 Å². The Morgan fingerprint density at radius 3 is 1.44 bits per heavy atom. The number of ketones is 1. The molecule has 0 aromatic heterocycles. The number of carboxylic acid groups (broad SMARTS) is 1. The average Bonchev–Trinajstić information content (AvgIpc) is 2.09. The van der Waals surface area contributed by atoms with Gasteiger partial charge < -0.3 is 15.7 Å². The summed E-state index contributed by atoms with van der Waals surface area (Å²) in [4.78, 5) is 22.8. The van der Waals surface area contributed by atoms with E-state index in [2.05, 4.69) is 0 Å². The monoisotopic (exact) mass is 258 g/mol. The number of Topliss-reactive ketones (excluding diaryl/α,β-unsaturated/α-hetero) is 1. The molecule has 1 aliphatic rings. The fourth-order valence-corrected chi connectivity index (χ4v) is 1.79. The van der Waals surface area contributed by atoms with Crippen molar-refractivity contribution in [3.63, 3.8) is 0 Å². The Balaban J connectivity index is 0.000000327. The maximum absolute atomic E-state index is 11.5. The summed E-state index contributed by atoms with van der Waals surface area (Å²) in [6.07, 6.45) is -0.869. The summed E-state index contributed by atoms with van der Waals surface area (Å²) in [7, 11) is 0. The van der Waals surface area contributed by atoms with Crippen LogP contribution in [0, 0.1) is 10.8 Å². The lowest BCUT2D eigenvalue weighted by molar-refractivity contribution is -0.134. The first-order valence-electron chi connectivity index (χ1n) is 6.14. The van der Waals surface area contributed by atoms with Crippen LogP contribution in [-0.2, 0) is 4.79 Å². The Bertz CT molecular complexity index is 291. The van der Waals surface area contributed by atoms with Crippen molar-refractivity contribution < 1.29 is 14.7 Å². The lowest BCUT2D eigenvalue weighted by Crippen LogP contribution is -2.57. The average molecular weight is 258 g/mol. The van der Waals surface area contributed by atoms with Gasteiger partial charge in [0.05, 0.1) is 0 Å². The first-order valence-corrected chi connectivity index (χ1v) is 6.14. The van der Waals surface area contributed by atoms with Crippen molar-refractivity contribution in [2.45, 2.75) is 47.6 Å². The number of carbonyl (C=O) groups excluding carboxylic acids is 1. The van der Waals surface area contributed by atoms with Crippen LogP contribution in [0.15, 0.2) is 0 Å².